The zero-order valence-corrected chi connectivity index (χ0v) is 17.6. The first-order chi connectivity index (χ1) is 7.92. The van der Waals surface area contributed by atoms with Gasteiger partial charge in [-0.25, -0.2) is 0 Å². The van der Waals surface area contributed by atoms with Crippen molar-refractivity contribution in [2.75, 3.05) is 13.2 Å². The van der Waals surface area contributed by atoms with Gasteiger partial charge in [0.05, 0.1) is 7.66 Å². The van der Waals surface area contributed by atoms with Crippen molar-refractivity contribution >= 4 is 55.4 Å². The molecular weight excluding hydrogens is 454 g/mol. The fourth-order valence-electron chi connectivity index (χ4n) is 1.59. The summed E-state index contributed by atoms with van der Waals surface area (Å²) in [7, 11) is 1.30. The van der Waals surface area contributed by atoms with E-state index in [9.17, 15) is 0 Å². The molecule has 1 nitrogen and oxygen atoms in total. The Kier molecular flexibility index (Phi) is 12.1. The van der Waals surface area contributed by atoms with Gasteiger partial charge in [-0.15, -0.1) is 0 Å². The van der Waals surface area contributed by atoms with E-state index in [-0.39, 0.29) is 0 Å². The molecule has 4 heteroatoms. The van der Waals surface area contributed by atoms with Crippen LogP contribution in [0.1, 0.15) is 51.9 Å². The van der Waals surface area contributed by atoms with Crippen LogP contribution in [0.4, 0.5) is 0 Å². The number of unbranched alkanes of at least 4 members (excludes halogenated alkanes) is 5. The molecule has 0 bridgehead atoms. The molecule has 0 aliphatic rings. The van der Waals surface area contributed by atoms with Gasteiger partial charge in [-0.05, 0) is 19.8 Å². The monoisotopic (exact) mass is 480 g/mol. The Morgan fingerprint density at radius 2 is 1.65 bits per heavy atom. The molecule has 0 fully saturated rings. The van der Waals surface area contributed by atoms with Gasteiger partial charge in [-0.2, -0.15) is 0 Å². The van der Waals surface area contributed by atoms with Crippen LogP contribution >= 0.6 is 45.2 Å². The van der Waals surface area contributed by atoms with Crippen molar-refractivity contribution in [3.8, 4) is 0 Å². The second kappa shape index (κ2) is 11.2. The third-order valence-corrected chi connectivity index (χ3v) is 4.08. The highest BCUT2D eigenvalue weighted by atomic mass is 127. The molecule has 0 aromatic rings. The van der Waals surface area contributed by atoms with Crippen LogP contribution in [0.5, 0.6) is 0 Å². The van der Waals surface area contributed by atoms with Crippen molar-refractivity contribution in [1.29, 1.82) is 0 Å². The molecule has 102 valence electrons. The number of ether oxygens (including phenoxy) is 1. The minimum Gasteiger partial charge on any atom is -0.377 e. The van der Waals surface area contributed by atoms with Crippen LogP contribution in [0.3, 0.4) is 0 Å². The number of alkyl halides is 2. The van der Waals surface area contributed by atoms with Crippen LogP contribution in [0.15, 0.2) is 12.2 Å². The molecule has 0 amide bonds. The Hall–Kier alpha value is 1.38. The van der Waals surface area contributed by atoms with E-state index in [1.807, 2.05) is 6.92 Å². The Bertz CT molecular complexity index is 202. The summed E-state index contributed by atoms with van der Waals surface area (Å²) in [4.78, 5) is 0. The Morgan fingerprint density at radius 1 is 1.12 bits per heavy atom. The number of hydrogen-bond donors (Lipinski definition) is 0. The fraction of sp³-hybridized carbons (Fsp3) is 0.846. The summed E-state index contributed by atoms with van der Waals surface area (Å²) in [6, 6.07) is 0. The quantitative estimate of drug-likeness (QED) is 0.142. The SMILES string of the molecule is C=C(C)COCCCCCCCCC([SiH3])(I)I. The van der Waals surface area contributed by atoms with Crippen LogP contribution in [0, 0.1) is 0 Å². The van der Waals surface area contributed by atoms with Crippen LogP contribution in [0.2, 0.25) is 0 Å². The maximum atomic E-state index is 5.47. The van der Waals surface area contributed by atoms with Gasteiger partial charge in [0.15, 0.2) is 0 Å². The third kappa shape index (κ3) is 17.4. The average molecular weight is 480 g/mol. The highest BCUT2D eigenvalue weighted by molar-refractivity contribution is 14.2. The van der Waals surface area contributed by atoms with Crippen LogP contribution in [-0.2, 0) is 4.74 Å². The van der Waals surface area contributed by atoms with Gasteiger partial charge in [0.25, 0.3) is 0 Å². The van der Waals surface area contributed by atoms with Gasteiger partial charge in [0.1, 0.15) is 0 Å². The van der Waals surface area contributed by atoms with Gasteiger partial charge < -0.3 is 4.74 Å². The lowest BCUT2D eigenvalue weighted by Gasteiger charge is -2.13. The maximum Gasteiger partial charge on any atom is 0.0671 e. The van der Waals surface area contributed by atoms with E-state index < -0.39 is 0 Å². The van der Waals surface area contributed by atoms with Crippen LogP contribution in [0.25, 0.3) is 0 Å². The molecule has 0 aromatic heterocycles. The second-order valence-corrected chi connectivity index (χ2v) is 17.6. The Morgan fingerprint density at radius 3 is 2.18 bits per heavy atom. The molecule has 0 saturated carbocycles. The molecule has 17 heavy (non-hydrogen) atoms. The smallest absolute Gasteiger partial charge is 0.0671 e. The molecule has 0 aliphatic heterocycles. The minimum atomic E-state index is 0.589. The van der Waals surface area contributed by atoms with Crippen molar-refractivity contribution in [1.82, 2.24) is 0 Å². The van der Waals surface area contributed by atoms with E-state index >= 15 is 0 Å². The van der Waals surface area contributed by atoms with Crippen LogP contribution in [-0.4, -0.2) is 24.5 Å². The van der Waals surface area contributed by atoms with Crippen molar-refractivity contribution in [2.45, 2.75) is 52.9 Å². The molecule has 0 spiro atoms. The van der Waals surface area contributed by atoms with E-state index in [1.54, 1.807) is 0 Å². The highest BCUT2D eigenvalue weighted by Crippen LogP contribution is 2.29. The fourth-order valence-corrected chi connectivity index (χ4v) is 2.71. The summed E-state index contributed by atoms with van der Waals surface area (Å²) in [6.45, 7) is 7.46. The number of rotatable bonds is 11. The normalized spacial score (nSPS) is 11.9. The van der Waals surface area contributed by atoms with E-state index in [1.165, 1.54) is 55.2 Å². The van der Waals surface area contributed by atoms with E-state index in [2.05, 4.69) is 51.8 Å². The van der Waals surface area contributed by atoms with Crippen LogP contribution < -0.4 is 0 Å². The zero-order valence-electron chi connectivity index (χ0n) is 11.2. The zero-order chi connectivity index (χ0) is 13.1. The largest absolute Gasteiger partial charge is 0.377 e. The Balaban J connectivity index is 3.06. The first-order valence-electron chi connectivity index (χ1n) is 6.52. The second-order valence-electron chi connectivity index (χ2n) is 4.95. The summed E-state index contributed by atoms with van der Waals surface area (Å²) in [5, 5.41) is 0. The van der Waals surface area contributed by atoms with Crippen molar-refractivity contribution in [3.63, 3.8) is 0 Å². The maximum absolute atomic E-state index is 5.47. The molecule has 0 atom stereocenters. The summed E-state index contributed by atoms with van der Waals surface area (Å²) in [5.74, 6) is 0. The summed E-state index contributed by atoms with van der Waals surface area (Å²) >= 11 is 5.18. The molecule has 0 heterocycles. The molecule has 0 aliphatic carbocycles. The lowest BCUT2D eigenvalue weighted by molar-refractivity contribution is 0.151. The number of hydrogen-bond acceptors (Lipinski definition) is 1. The molecule has 0 N–H and O–H groups in total. The van der Waals surface area contributed by atoms with Gasteiger partial charge in [-0.3, -0.25) is 0 Å². The van der Waals surface area contributed by atoms with E-state index in [0.29, 0.717) is 1.05 Å². The van der Waals surface area contributed by atoms with Crippen molar-refractivity contribution in [2.24, 2.45) is 0 Å². The first kappa shape index (κ1) is 18.4. The predicted molar refractivity (Wildman–Crippen MR) is 98.7 cm³/mol. The van der Waals surface area contributed by atoms with Gasteiger partial charge in [0.2, 0.25) is 0 Å². The molecule has 0 radical (unpaired) electrons. The third-order valence-electron chi connectivity index (χ3n) is 2.50. The van der Waals surface area contributed by atoms with E-state index in [4.69, 9.17) is 4.74 Å². The Labute approximate surface area is 137 Å². The molecule has 0 aromatic carbocycles. The molecule has 0 saturated heterocycles. The first-order valence-corrected chi connectivity index (χ1v) is 9.67. The average Bonchev–Trinajstić information content (AvgIpc) is 2.18. The topological polar surface area (TPSA) is 9.23 Å². The standard InChI is InChI=1S/C13H26I2OSi/c1-12(2)11-16-10-8-6-4-3-5-7-9-13(14,15)17/h1,3-11H2,2,17H3. The summed E-state index contributed by atoms with van der Waals surface area (Å²) < 4.78 is 6.06. The number of halogens is 2. The molecular formula is C13H26I2OSi. The molecule has 0 rings (SSSR count). The van der Waals surface area contributed by atoms with E-state index in [0.717, 1.165) is 18.8 Å². The molecule has 0 unspecified atom stereocenters. The lowest BCUT2D eigenvalue weighted by Crippen LogP contribution is -2.09. The lowest BCUT2D eigenvalue weighted by atomic mass is 10.1. The van der Waals surface area contributed by atoms with Crippen molar-refractivity contribution in [3.05, 3.63) is 12.2 Å². The van der Waals surface area contributed by atoms with Gasteiger partial charge in [0, 0.05) is 16.8 Å². The summed E-state index contributed by atoms with van der Waals surface area (Å²) in [5.41, 5.74) is 1.12. The highest BCUT2D eigenvalue weighted by Gasteiger charge is 2.12. The minimum absolute atomic E-state index is 0.589. The van der Waals surface area contributed by atoms with Gasteiger partial charge >= 0.3 is 0 Å². The van der Waals surface area contributed by atoms with Crippen molar-refractivity contribution < 1.29 is 4.74 Å². The van der Waals surface area contributed by atoms with Gasteiger partial charge in [-0.1, -0.05) is 89.4 Å². The summed E-state index contributed by atoms with van der Waals surface area (Å²) in [6.07, 6.45) is 9.48. The predicted octanol–water partition coefficient (Wildman–Crippen LogP) is 4.20.